The van der Waals surface area contributed by atoms with E-state index in [0.717, 1.165) is 0 Å². The lowest BCUT2D eigenvalue weighted by molar-refractivity contribution is -0.119. The molecule has 0 unspecified atom stereocenters. The van der Waals surface area contributed by atoms with E-state index < -0.39 is 12.8 Å². The Morgan fingerprint density at radius 2 is 1.50 bits per heavy atom. The van der Waals surface area contributed by atoms with E-state index in [1.165, 1.54) is 12.1 Å². The first-order valence-electron chi connectivity index (χ1n) is 3.41. The van der Waals surface area contributed by atoms with Crippen LogP contribution in [0.4, 0.5) is 0 Å². The number of rotatable bonds is 2. The Labute approximate surface area is 69.9 Å². The van der Waals surface area contributed by atoms with Gasteiger partial charge in [0, 0.05) is 5.56 Å². The van der Waals surface area contributed by atoms with Crippen molar-refractivity contribution in [2.45, 2.75) is 5.69 Å². The molecule has 1 aromatic rings. The van der Waals surface area contributed by atoms with Crippen LogP contribution in [-0.4, -0.2) is 27.4 Å². The largest absolute Gasteiger partial charge is 0.520 e. The molecule has 0 bridgehead atoms. The van der Waals surface area contributed by atoms with Crippen molar-refractivity contribution in [1.82, 2.24) is 0 Å². The summed E-state index contributed by atoms with van der Waals surface area (Å²) < 4.78 is 0. The van der Waals surface area contributed by atoms with Gasteiger partial charge in [0.15, 0.2) is 0 Å². The summed E-state index contributed by atoms with van der Waals surface area (Å²) >= 11 is 0. The number of aliphatic hydroxyl groups is 2. The van der Waals surface area contributed by atoms with Gasteiger partial charge < -0.3 is 20.3 Å². The van der Waals surface area contributed by atoms with Crippen LogP contribution in [-0.2, 0) is 5.69 Å². The fraction of sp³-hybridized carbons (Fsp3) is 0.143. The van der Waals surface area contributed by atoms with Crippen LogP contribution in [0.5, 0.6) is 0 Å². The number of benzene rings is 1. The minimum absolute atomic E-state index is 0.0417. The molecule has 1 rings (SSSR count). The second-order valence-corrected chi connectivity index (χ2v) is 2.47. The third-order valence-corrected chi connectivity index (χ3v) is 1.56. The van der Waals surface area contributed by atoms with Crippen molar-refractivity contribution in [3.63, 3.8) is 0 Å². The van der Waals surface area contributed by atoms with E-state index in [0.29, 0.717) is 0 Å². The van der Waals surface area contributed by atoms with E-state index in [4.69, 9.17) is 20.3 Å². The molecule has 1 aromatic carbocycles. The van der Waals surface area contributed by atoms with Crippen LogP contribution in [0, 0.1) is 0 Å². The summed E-state index contributed by atoms with van der Waals surface area (Å²) in [6.07, 6.45) is 0. The third kappa shape index (κ3) is 1.65. The van der Waals surface area contributed by atoms with Gasteiger partial charge in [-0.05, 0) is 0 Å². The predicted octanol–water partition coefficient (Wildman–Crippen LogP) is -1.16. The molecule has 0 heterocycles. The molecule has 0 radical (unpaired) electrons. The highest BCUT2D eigenvalue weighted by Crippen LogP contribution is 2.17. The van der Waals surface area contributed by atoms with Crippen molar-refractivity contribution in [2.24, 2.45) is 0 Å². The van der Waals surface area contributed by atoms with Crippen LogP contribution in [0.1, 0.15) is 5.56 Å². The molecule has 5 heteroatoms. The highest BCUT2D eigenvalue weighted by atomic mass is 16.5. The molecule has 0 aliphatic heterocycles. The van der Waals surface area contributed by atoms with E-state index >= 15 is 0 Å². The Balaban J connectivity index is 2.98. The minimum atomic E-state index is -2.60. The molecule has 0 saturated carbocycles. The molecule has 0 aromatic heterocycles. The van der Waals surface area contributed by atoms with Crippen molar-refractivity contribution in [1.29, 1.82) is 0 Å². The smallest absolute Gasteiger partial charge is 0.423 e. The summed E-state index contributed by atoms with van der Waals surface area (Å²) in [6, 6.07) is 7.60. The molecule has 0 aliphatic rings. The van der Waals surface area contributed by atoms with Crippen LogP contribution in [0.25, 0.3) is 0 Å². The van der Waals surface area contributed by atoms with Crippen LogP contribution in [0.15, 0.2) is 30.3 Å². The zero-order valence-corrected chi connectivity index (χ0v) is 6.25. The van der Waals surface area contributed by atoms with Crippen molar-refractivity contribution in [3.05, 3.63) is 35.9 Å². The van der Waals surface area contributed by atoms with Crippen LogP contribution in [0.3, 0.4) is 0 Å². The van der Waals surface area contributed by atoms with E-state index in [1.807, 2.05) is 0 Å². The van der Waals surface area contributed by atoms with Gasteiger partial charge in [-0.2, -0.15) is 0 Å². The second kappa shape index (κ2) is 3.24. The highest BCUT2D eigenvalue weighted by Gasteiger charge is 2.39. The Morgan fingerprint density at radius 1 is 1.00 bits per heavy atom. The molecule has 0 atom stereocenters. The van der Waals surface area contributed by atoms with E-state index in [-0.39, 0.29) is 5.56 Å². The van der Waals surface area contributed by atoms with Crippen LogP contribution < -0.4 is 0 Å². The average molecular weight is 168 g/mol. The first kappa shape index (κ1) is 9.21. The molecular formula is C7H9BO4. The summed E-state index contributed by atoms with van der Waals surface area (Å²) in [7, 11) is -2.21. The third-order valence-electron chi connectivity index (χ3n) is 1.56. The molecule has 0 saturated heterocycles. The number of hydrogen-bond donors (Lipinski definition) is 4. The Hall–Kier alpha value is -0.875. The van der Waals surface area contributed by atoms with E-state index in [2.05, 4.69) is 0 Å². The molecule has 64 valence electrons. The zero-order chi connectivity index (χ0) is 9.19. The first-order chi connectivity index (χ1) is 5.55. The lowest BCUT2D eigenvalue weighted by Crippen LogP contribution is -2.43. The lowest BCUT2D eigenvalue weighted by atomic mass is 9.74. The quantitative estimate of drug-likeness (QED) is 0.331. The van der Waals surface area contributed by atoms with Crippen molar-refractivity contribution < 1.29 is 20.3 Å². The molecule has 0 aliphatic carbocycles. The van der Waals surface area contributed by atoms with Gasteiger partial charge in [0.1, 0.15) is 0 Å². The second-order valence-electron chi connectivity index (χ2n) is 2.47. The predicted molar refractivity (Wildman–Crippen MR) is 42.7 cm³/mol. The zero-order valence-electron chi connectivity index (χ0n) is 6.25. The van der Waals surface area contributed by atoms with Gasteiger partial charge in [0.05, 0.1) is 0 Å². The SMILES string of the molecule is OB(O)C(O)(O)c1ccccc1. The van der Waals surface area contributed by atoms with Crippen LogP contribution in [0.2, 0.25) is 0 Å². The lowest BCUT2D eigenvalue weighted by Gasteiger charge is -2.20. The van der Waals surface area contributed by atoms with Gasteiger partial charge in [-0.3, -0.25) is 0 Å². The van der Waals surface area contributed by atoms with Gasteiger partial charge >= 0.3 is 7.12 Å². The highest BCUT2D eigenvalue weighted by molar-refractivity contribution is 6.43. The molecule has 0 amide bonds. The van der Waals surface area contributed by atoms with Crippen molar-refractivity contribution >= 4 is 7.12 Å². The summed E-state index contributed by atoms with van der Waals surface area (Å²) in [5, 5.41) is 35.4. The monoisotopic (exact) mass is 168 g/mol. The summed E-state index contributed by atoms with van der Waals surface area (Å²) in [5.74, 6) is 0. The summed E-state index contributed by atoms with van der Waals surface area (Å²) in [4.78, 5) is 0. The molecule has 0 fully saturated rings. The first-order valence-corrected chi connectivity index (χ1v) is 3.41. The maximum atomic E-state index is 9.12. The average Bonchev–Trinajstić information content (AvgIpc) is 2.06. The fourth-order valence-electron chi connectivity index (χ4n) is 0.833. The molecule has 0 spiro atoms. The van der Waals surface area contributed by atoms with Crippen LogP contribution >= 0.6 is 0 Å². The van der Waals surface area contributed by atoms with Crippen molar-refractivity contribution in [2.75, 3.05) is 0 Å². The standard InChI is InChI=1S/C7H9BO4/c9-7(10,8(11)12)6-4-2-1-3-5-6/h1-5,9-12H. The molecule has 12 heavy (non-hydrogen) atoms. The maximum Gasteiger partial charge on any atom is 0.520 e. The normalized spacial score (nSPS) is 11.3. The molecule has 4 N–H and O–H groups in total. The summed E-state index contributed by atoms with van der Waals surface area (Å²) in [6.45, 7) is 0. The maximum absolute atomic E-state index is 9.12. The fourth-order valence-corrected chi connectivity index (χ4v) is 0.833. The Bertz CT molecular complexity index is 247. The topological polar surface area (TPSA) is 80.9 Å². The summed E-state index contributed by atoms with van der Waals surface area (Å²) in [5.41, 5.74) is -2.55. The van der Waals surface area contributed by atoms with E-state index in [1.54, 1.807) is 18.2 Å². The van der Waals surface area contributed by atoms with E-state index in [9.17, 15) is 0 Å². The van der Waals surface area contributed by atoms with Gasteiger partial charge in [0.25, 0.3) is 0 Å². The Morgan fingerprint density at radius 3 is 1.92 bits per heavy atom. The minimum Gasteiger partial charge on any atom is -0.423 e. The Kier molecular flexibility index (Phi) is 2.49. The van der Waals surface area contributed by atoms with Gasteiger partial charge in [-0.15, -0.1) is 0 Å². The molecule has 4 nitrogen and oxygen atoms in total. The van der Waals surface area contributed by atoms with Crippen molar-refractivity contribution in [3.8, 4) is 0 Å². The van der Waals surface area contributed by atoms with Gasteiger partial charge in [0.2, 0.25) is 5.69 Å². The van der Waals surface area contributed by atoms with Gasteiger partial charge in [-0.25, -0.2) is 0 Å². The van der Waals surface area contributed by atoms with Gasteiger partial charge in [-0.1, -0.05) is 30.3 Å². The molecular weight excluding hydrogens is 159 g/mol. The number of hydrogen-bond acceptors (Lipinski definition) is 4.